The minimum absolute atomic E-state index is 0.241. The molecule has 0 aromatic heterocycles. The van der Waals surface area contributed by atoms with Crippen LogP contribution in [0.15, 0.2) is 29.2 Å². The maximum atomic E-state index is 11.0. The summed E-state index contributed by atoms with van der Waals surface area (Å²) in [5, 5.41) is 11.5. The number of hydrogen-bond acceptors (Lipinski definition) is 3. The van der Waals surface area contributed by atoms with Crippen LogP contribution in [0.3, 0.4) is 0 Å². The molecule has 0 N–H and O–H groups in total. The molecule has 2 aliphatic carbocycles. The summed E-state index contributed by atoms with van der Waals surface area (Å²) in [6, 6.07) is 7.08. The normalized spacial score (nSPS) is 33.8. The third-order valence-corrected chi connectivity index (χ3v) is 7.28. The summed E-state index contributed by atoms with van der Waals surface area (Å²) in [6.45, 7) is 0. The fourth-order valence-corrected chi connectivity index (χ4v) is 5.93. The average molecular weight is 328 g/mol. The van der Waals surface area contributed by atoms with E-state index in [4.69, 9.17) is 0 Å². The molecule has 1 aromatic rings. The standard InChI is InChI=1S/C13H14BrNO2S/c14-12-8-5-6-9(7-8)13(12)18-11-4-2-1-3-10(11)15(16)17/h1-4,8-9,12-13H,5-7H2/t8-,9+,12-,13-/m0/s1. The summed E-state index contributed by atoms with van der Waals surface area (Å²) in [7, 11) is 0. The fraction of sp³-hybridized carbons (Fsp3) is 0.538. The minimum Gasteiger partial charge on any atom is -0.258 e. The number of nitrogens with zero attached hydrogens (tertiary/aromatic N) is 1. The van der Waals surface area contributed by atoms with Crippen LogP contribution in [0, 0.1) is 22.0 Å². The predicted octanol–water partition coefficient (Wildman–Crippen LogP) is 4.25. The number of benzene rings is 1. The van der Waals surface area contributed by atoms with E-state index in [9.17, 15) is 10.1 Å². The van der Waals surface area contributed by atoms with E-state index >= 15 is 0 Å². The molecular formula is C13H14BrNO2S. The van der Waals surface area contributed by atoms with Crippen LogP contribution < -0.4 is 0 Å². The number of rotatable bonds is 3. The Labute approximate surface area is 119 Å². The Kier molecular flexibility index (Phi) is 3.36. The van der Waals surface area contributed by atoms with Crippen LogP contribution in [0.25, 0.3) is 0 Å². The van der Waals surface area contributed by atoms with Crippen molar-refractivity contribution in [3.63, 3.8) is 0 Å². The lowest BCUT2D eigenvalue weighted by atomic mass is 10.0. The van der Waals surface area contributed by atoms with Gasteiger partial charge in [0.1, 0.15) is 0 Å². The van der Waals surface area contributed by atoms with Crippen molar-refractivity contribution in [2.75, 3.05) is 0 Å². The molecule has 5 heteroatoms. The van der Waals surface area contributed by atoms with Crippen LogP contribution in [0.1, 0.15) is 19.3 Å². The van der Waals surface area contributed by atoms with E-state index in [1.165, 1.54) is 19.3 Å². The predicted molar refractivity (Wildman–Crippen MR) is 76.3 cm³/mol. The van der Waals surface area contributed by atoms with Gasteiger partial charge in [-0.15, -0.1) is 11.8 Å². The summed E-state index contributed by atoms with van der Waals surface area (Å²) < 4.78 is 0. The van der Waals surface area contributed by atoms with Crippen molar-refractivity contribution in [3.8, 4) is 0 Å². The maximum absolute atomic E-state index is 11.0. The van der Waals surface area contributed by atoms with Gasteiger partial charge < -0.3 is 0 Å². The Morgan fingerprint density at radius 1 is 1.28 bits per heavy atom. The minimum atomic E-state index is -0.279. The molecule has 0 aliphatic heterocycles. The maximum Gasteiger partial charge on any atom is 0.282 e. The molecule has 0 heterocycles. The molecule has 96 valence electrons. The fourth-order valence-electron chi connectivity index (χ4n) is 3.18. The molecule has 0 radical (unpaired) electrons. The molecule has 4 atom stereocenters. The zero-order valence-electron chi connectivity index (χ0n) is 9.79. The highest BCUT2D eigenvalue weighted by Gasteiger charge is 2.47. The number of hydrogen-bond donors (Lipinski definition) is 0. The summed E-state index contributed by atoms with van der Waals surface area (Å²) in [5.74, 6) is 1.50. The van der Waals surface area contributed by atoms with Crippen molar-refractivity contribution >= 4 is 33.4 Å². The molecular weight excluding hydrogens is 314 g/mol. The zero-order chi connectivity index (χ0) is 12.7. The number of para-hydroxylation sites is 1. The number of alkyl halides is 1. The Hall–Kier alpha value is -0.550. The Balaban J connectivity index is 1.83. The lowest BCUT2D eigenvalue weighted by Gasteiger charge is -2.26. The molecule has 0 spiro atoms. The van der Waals surface area contributed by atoms with Crippen LogP contribution in [0.5, 0.6) is 0 Å². The lowest BCUT2D eigenvalue weighted by Crippen LogP contribution is -2.24. The van der Waals surface area contributed by atoms with Crippen LogP contribution in [0.2, 0.25) is 0 Å². The number of thioether (sulfide) groups is 1. The van der Waals surface area contributed by atoms with Crippen molar-refractivity contribution in [3.05, 3.63) is 34.4 Å². The Bertz CT molecular complexity index is 480. The van der Waals surface area contributed by atoms with Gasteiger partial charge in [0.05, 0.1) is 9.82 Å². The summed E-state index contributed by atoms with van der Waals surface area (Å²) in [5.41, 5.74) is 0.241. The van der Waals surface area contributed by atoms with Gasteiger partial charge in [-0.05, 0) is 37.2 Å². The smallest absolute Gasteiger partial charge is 0.258 e. The van der Waals surface area contributed by atoms with Gasteiger partial charge in [-0.3, -0.25) is 10.1 Å². The topological polar surface area (TPSA) is 43.1 Å². The average Bonchev–Trinajstić information content (AvgIpc) is 2.93. The summed E-state index contributed by atoms with van der Waals surface area (Å²) >= 11 is 5.48. The first kappa shape index (κ1) is 12.5. The lowest BCUT2D eigenvalue weighted by molar-refractivity contribution is -0.387. The third kappa shape index (κ3) is 2.07. The SMILES string of the molecule is O=[N+]([O-])c1ccccc1S[C@H]1[C@@H]2CC[C@@H](C2)[C@@H]1Br. The van der Waals surface area contributed by atoms with Crippen molar-refractivity contribution < 1.29 is 4.92 Å². The summed E-state index contributed by atoms with van der Waals surface area (Å²) in [6.07, 6.45) is 3.88. The zero-order valence-corrected chi connectivity index (χ0v) is 12.2. The van der Waals surface area contributed by atoms with Gasteiger partial charge in [0, 0.05) is 16.1 Å². The molecule has 2 fully saturated rings. The van der Waals surface area contributed by atoms with Gasteiger partial charge in [0.2, 0.25) is 0 Å². The molecule has 3 nitrogen and oxygen atoms in total. The second-order valence-corrected chi connectivity index (χ2v) is 7.36. The molecule has 2 aliphatic rings. The van der Waals surface area contributed by atoms with Crippen molar-refractivity contribution in [1.82, 2.24) is 0 Å². The highest BCUT2D eigenvalue weighted by atomic mass is 79.9. The van der Waals surface area contributed by atoms with E-state index in [0.717, 1.165) is 16.7 Å². The number of halogens is 1. The van der Waals surface area contributed by atoms with Crippen LogP contribution in [0.4, 0.5) is 5.69 Å². The molecule has 0 unspecified atom stereocenters. The van der Waals surface area contributed by atoms with Gasteiger partial charge in [-0.1, -0.05) is 28.1 Å². The molecule has 3 rings (SSSR count). The molecule has 1 aromatic carbocycles. The van der Waals surface area contributed by atoms with E-state index in [0.29, 0.717) is 10.1 Å². The van der Waals surface area contributed by atoms with Gasteiger partial charge in [0.25, 0.3) is 5.69 Å². The van der Waals surface area contributed by atoms with E-state index in [-0.39, 0.29) is 10.6 Å². The number of fused-ring (bicyclic) bond motifs is 2. The Morgan fingerprint density at radius 3 is 2.67 bits per heavy atom. The Morgan fingerprint density at radius 2 is 2.00 bits per heavy atom. The monoisotopic (exact) mass is 327 g/mol. The van der Waals surface area contributed by atoms with E-state index in [2.05, 4.69) is 15.9 Å². The number of nitro groups is 1. The molecule has 2 saturated carbocycles. The van der Waals surface area contributed by atoms with Crippen LogP contribution >= 0.6 is 27.7 Å². The first-order valence-electron chi connectivity index (χ1n) is 6.21. The highest BCUT2D eigenvalue weighted by Crippen LogP contribution is 2.54. The number of nitro benzene ring substituents is 1. The van der Waals surface area contributed by atoms with Gasteiger partial charge in [0.15, 0.2) is 0 Å². The first-order valence-corrected chi connectivity index (χ1v) is 8.00. The van der Waals surface area contributed by atoms with Crippen molar-refractivity contribution in [1.29, 1.82) is 0 Å². The summed E-state index contributed by atoms with van der Waals surface area (Å²) in [4.78, 5) is 12.1. The molecule has 2 bridgehead atoms. The van der Waals surface area contributed by atoms with Crippen molar-refractivity contribution in [2.45, 2.75) is 34.2 Å². The van der Waals surface area contributed by atoms with Crippen LogP contribution in [-0.4, -0.2) is 15.0 Å². The van der Waals surface area contributed by atoms with Crippen LogP contribution in [-0.2, 0) is 0 Å². The van der Waals surface area contributed by atoms with Crippen molar-refractivity contribution in [2.24, 2.45) is 11.8 Å². The molecule has 0 amide bonds. The van der Waals surface area contributed by atoms with E-state index in [1.807, 2.05) is 12.1 Å². The van der Waals surface area contributed by atoms with Gasteiger partial charge in [-0.2, -0.15) is 0 Å². The van der Waals surface area contributed by atoms with E-state index < -0.39 is 0 Å². The molecule has 18 heavy (non-hydrogen) atoms. The largest absolute Gasteiger partial charge is 0.282 e. The second kappa shape index (κ2) is 4.85. The third-order valence-electron chi connectivity index (χ3n) is 4.07. The van der Waals surface area contributed by atoms with Gasteiger partial charge in [-0.25, -0.2) is 0 Å². The van der Waals surface area contributed by atoms with Gasteiger partial charge >= 0.3 is 0 Å². The highest BCUT2D eigenvalue weighted by molar-refractivity contribution is 9.09. The molecule has 0 saturated heterocycles. The second-order valence-electron chi connectivity index (χ2n) is 5.08. The van der Waals surface area contributed by atoms with E-state index in [1.54, 1.807) is 23.9 Å². The quantitative estimate of drug-likeness (QED) is 0.473. The first-order chi connectivity index (χ1) is 8.66.